The Hall–Kier alpha value is -2.31. The van der Waals surface area contributed by atoms with Gasteiger partial charge < -0.3 is 5.11 Å². The zero-order chi connectivity index (χ0) is 17.6. The average Bonchev–Trinajstić information content (AvgIpc) is 2.99. The number of aromatic nitrogens is 1. The fraction of sp³-hybridized carbons (Fsp3) is 0.111. The number of aromatic hydroxyl groups is 1. The third-order valence-electron chi connectivity index (χ3n) is 4.02. The van der Waals surface area contributed by atoms with Crippen LogP contribution < -0.4 is 4.90 Å². The number of fused-ring (bicyclic) bond motifs is 1. The topological polar surface area (TPSA) is 53.4 Å². The van der Waals surface area contributed by atoms with E-state index in [9.17, 15) is 14.3 Å². The van der Waals surface area contributed by atoms with E-state index in [0.29, 0.717) is 22.7 Å². The molecule has 3 aromatic rings. The van der Waals surface area contributed by atoms with E-state index in [1.807, 2.05) is 18.2 Å². The van der Waals surface area contributed by atoms with Gasteiger partial charge in [-0.1, -0.05) is 29.8 Å². The van der Waals surface area contributed by atoms with Gasteiger partial charge in [0.25, 0.3) is 0 Å². The average molecular weight is 375 g/mol. The lowest BCUT2D eigenvalue weighted by Crippen LogP contribution is -2.28. The molecule has 0 saturated carbocycles. The molecule has 1 N–H and O–H groups in total. The Morgan fingerprint density at radius 1 is 1.24 bits per heavy atom. The maximum Gasteiger partial charge on any atom is 0.238 e. The lowest BCUT2D eigenvalue weighted by molar-refractivity contribution is -0.115. The number of phenols is 1. The van der Waals surface area contributed by atoms with E-state index in [1.54, 1.807) is 17.0 Å². The Morgan fingerprint density at radius 3 is 2.88 bits per heavy atom. The summed E-state index contributed by atoms with van der Waals surface area (Å²) < 4.78 is 13.4. The number of carbonyl (C=O) groups is 1. The predicted molar refractivity (Wildman–Crippen MR) is 97.5 cm³/mol. The second-order valence-corrected chi connectivity index (χ2v) is 7.09. The largest absolute Gasteiger partial charge is 0.506 e. The molecule has 126 valence electrons. The summed E-state index contributed by atoms with van der Waals surface area (Å²) in [7, 11) is 0. The number of benzene rings is 2. The quantitative estimate of drug-likeness (QED) is 0.717. The normalized spacial score (nSPS) is 17.4. The van der Waals surface area contributed by atoms with Crippen LogP contribution in [0.4, 0.5) is 10.1 Å². The highest BCUT2D eigenvalue weighted by Crippen LogP contribution is 2.42. The molecule has 1 unspecified atom stereocenters. The summed E-state index contributed by atoms with van der Waals surface area (Å²) in [5.74, 6) is -0.253. The van der Waals surface area contributed by atoms with Crippen molar-refractivity contribution < 1.29 is 14.3 Å². The van der Waals surface area contributed by atoms with Crippen LogP contribution >= 0.6 is 23.4 Å². The van der Waals surface area contributed by atoms with Crippen molar-refractivity contribution in [2.45, 2.75) is 5.37 Å². The van der Waals surface area contributed by atoms with Crippen LogP contribution in [0.5, 0.6) is 5.75 Å². The molecule has 7 heteroatoms. The second kappa shape index (κ2) is 6.20. The zero-order valence-electron chi connectivity index (χ0n) is 12.8. The molecule has 1 aromatic heterocycles. The van der Waals surface area contributed by atoms with Crippen molar-refractivity contribution in [3.8, 4) is 5.75 Å². The lowest BCUT2D eigenvalue weighted by atomic mass is 10.1. The first kappa shape index (κ1) is 16.2. The van der Waals surface area contributed by atoms with E-state index in [0.717, 1.165) is 5.39 Å². The third kappa shape index (κ3) is 2.81. The summed E-state index contributed by atoms with van der Waals surface area (Å²) in [5, 5.41) is 10.4. The molecule has 1 fully saturated rings. The van der Waals surface area contributed by atoms with E-state index in [1.165, 1.54) is 30.0 Å². The van der Waals surface area contributed by atoms with Gasteiger partial charge in [0, 0.05) is 11.1 Å². The van der Waals surface area contributed by atoms with Gasteiger partial charge in [-0.15, -0.1) is 11.8 Å². The minimum Gasteiger partial charge on any atom is -0.506 e. The maximum absolute atomic E-state index is 13.4. The summed E-state index contributed by atoms with van der Waals surface area (Å²) in [6, 6.07) is 13.1. The van der Waals surface area contributed by atoms with Crippen molar-refractivity contribution >= 4 is 45.9 Å². The van der Waals surface area contributed by atoms with Gasteiger partial charge >= 0.3 is 0 Å². The van der Waals surface area contributed by atoms with Crippen molar-refractivity contribution in [3.05, 3.63) is 65.1 Å². The zero-order valence-corrected chi connectivity index (χ0v) is 14.4. The molecule has 1 atom stereocenters. The van der Waals surface area contributed by atoms with E-state index >= 15 is 0 Å². The van der Waals surface area contributed by atoms with Gasteiger partial charge in [0.2, 0.25) is 5.91 Å². The molecule has 0 aliphatic carbocycles. The van der Waals surface area contributed by atoms with Gasteiger partial charge in [-0.05, 0) is 30.3 Å². The summed E-state index contributed by atoms with van der Waals surface area (Å²) in [6.07, 6.45) is 0. The molecule has 1 aliphatic heterocycles. The molecule has 2 heterocycles. The summed E-state index contributed by atoms with van der Waals surface area (Å²) in [5.41, 5.74) is 1.65. The van der Waals surface area contributed by atoms with Crippen LogP contribution in [-0.4, -0.2) is 21.8 Å². The summed E-state index contributed by atoms with van der Waals surface area (Å²) in [6.45, 7) is 0. The molecule has 0 radical (unpaired) electrons. The van der Waals surface area contributed by atoms with Crippen LogP contribution in [0.15, 0.2) is 48.5 Å². The van der Waals surface area contributed by atoms with E-state index in [4.69, 9.17) is 11.6 Å². The number of carbonyl (C=O) groups excluding carboxylic acids is 1. The van der Waals surface area contributed by atoms with E-state index in [2.05, 4.69) is 4.98 Å². The SMILES string of the molecule is O=C1CSC(c2ccc3cccc(O)c3n2)N1c1ccc(F)c(Cl)c1. The van der Waals surface area contributed by atoms with Crippen LogP contribution in [0.25, 0.3) is 10.9 Å². The number of hydrogen-bond donors (Lipinski definition) is 1. The number of thioether (sulfide) groups is 1. The van der Waals surface area contributed by atoms with Crippen molar-refractivity contribution in [1.29, 1.82) is 0 Å². The first-order valence-electron chi connectivity index (χ1n) is 7.52. The number of amides is 1. The predicted octanol–water partition coefficient (Wildman–Crippen LogP) is 4.51. The molecular formula is C18H12ClFN2O2S. The molecule has 2 aromatic carbocycles. The Balaban J connectivity index is 1.79. The number of para-hydroxylation sites is 1. The highest BCUT2D eigenvalue weighted by atomic mass is 35.5. The van der Waals surface area contributed by atoms with Crippen molar-refractivity contribution in [1.82, 2.24) is 4.98 Å². The summed E-state index contributed by atoms with van der Waals surface area (Å²) >= 11 is 7.29. The highest BCUT2D eigenvalue weighted by Gasteiger charge is 2.35. The van der Waals surface area contributed by atoms with Crippen LogP contribution in [0.3, 0.4) is 0 Å². The van der Waals surface area contributed by atoms with Gasteiger partial charge in [0.1, 0.15) is 22.5 Å². The third-order valence-corrected chi connectivity index (χ3v) is 5.49. The van der Waals surface area contributed by atoms with Crippen LogP contribution in [0, 0.1) is 5.82 Å². The molecule has 1 saturated heterocycles. The van der Waals surface area contributed by atoms with Crippen molar-refractivity contribution in [3.63, 3.8) is 0 Å². The van der Waals surface area contributed by atoms with Crippen molar-refractivity contribution in [2.75, 3.05) is 10.7 Å². The monoisotopic (exact) mass is 374 g/mol. The number of phenolic OH excluding ortho intramolecular Hbond substituents is 1. The Bertz CT molecular complexity index is 998. The number of rotatable bonds is 2. The lowest BCUT2D eigenvalue weighted by Gasteiger charge is -2.24. The standard InChI is InChI=1S/C18H12ClFN2O2S/c19-12-8-11(5-6-13(12)20)22-16(24)9-25-18(22)14-7-4-10-2-1-3-15(23)17(10)21-14/h1-8,18,23H,9H2. The fourth-order valence-electron chi connectivity index (χ4n) is 2.84. The smallest absolute Gasteiger partial charge is 0.238 e. The van der Waals surface area contributed by atoms with Crippen molar-refractivity contribution in [2.24, 2.45) is 0 Å². The van der Waals surface area contributed by atoms with Gasteiger partial charge in [-0.25, -0.2) is 9.37 Å². The molecule has 1 aliphatic rings. The molecule has 4 rings (SSSR count). The minimum absolute atomic E-state index is 0.0370. The first-order chi connectivity index (χ1) is 12.0. The van der Waals surface area contributed by atoms with E-state index in [-0.39, 0.29) is 22.1 Å². The molecule has 25 heavy (non-hydrogen) atoms. The van der Waals surface area contributed by atoms with E-state index < -0.39 is 5.82 Å². The number of pyridine rings is 1. The van der Waals surface area contributed by atoms with Crippen LogP contribution in [-0.2, 0) is 4.79 Å². The molecule has 0 bridgehead atoms. The summed E-state index contributed by atoms with van der Waals surface area (Å²) in [4.78, 5) is 18.5. The molecule has 1 amide bonds. The maximum atomic E-state index is 13.4. The first-order valence-corrected chi connectivity index (χ1v) is 8.94. The number of halogens is 2. The fourth-order valence-corrected chi connectivity index (χ4v) is 4.15. The Morgan fingerprint density at radius 2 is 2.08 bits per heavy atom. The van der Waals surface area contributed by atoms with Gasteiger partial charge in [0.15, 0.2) is 0 Å². The number of nitrogens with zero attached hydrogens (tertiary/aromatic N) is 2. The minimum atomic E-state index is -0.532. The highest BCUT2D eigenvalue weighted by molar-refractivity contribution is 8.00. The van der Waals surface area contributed by atoms with Crippen LogP contribution in [0.1, 0.15) is 11.1 Å². The van der Waals surface area contributed by atoms with Gasteiger partial charge in [-0.2, -0.15) is 0 Å². The Kier molecular flexibility index (Phi) is 4.01. The van der Waals surface area contributed by atoms with Crippen LogP contribution in [0.2, 0.25) is 5.02 Å². The van der Waals surface area contributed by atoms with Gasteiger partial charge in [0.05, 0.1) is 16.5 Å². The second-order valence-electron chi connectivity index (χ2n) is 5.61. The Labute approximate surface area is 152 Å². The van der Waals surface area contributed by atoms with Gasteiger partial charge in [-0.3, -0.25) is 9.69 Å². The molecule has 4 nitrogen and oxygen atoms in total. The number of anilines is 1. The molecule has 0 spiro atoms. The number of hydrogen-bond acceptors (Lipinski definition) is 4. The molecular weight excluding hydrogens is 363 g/mol.